The van der Waals surface area contributed by atoms with Gasteiger partial charge in [0.25, 0.3) is 0 Å². The Balaban J connectivity index is -0.000000410. The Morgan fingerprint density at radius 1 is 0.552 bits per heavy atom. The van der Waals surface area contributed by atoms with Gasteiger partial charge >= 0.3 is 54.0 Å². The summed E-state index contributed by atoms with van der Waals surface area (Å²) in [6.45, 7) is 4.43. The summed E-state index contributed by atoms with van der Waals surface area (Å²) in [7, 11) is 0. The van der Waals surface area contributed by atoms with Gasteiger partial charge in [-0.1, -0.05) is 104 Å². The number of hydrogen-bond donors (Lipinski definition) is 2. The Morgan fingerprint density at radius 3 is 0.966 bits per heavy atom. The van der Waals surface area contributed by atoms with Crippen molar-refractivity contribution in [3.05, 3.63) is 0 Å². The van der Waals surface area contributed by atoms with Gasteiger partial charge < -0.3 is 10.2 Å². The first-order valence-corrected chi connectivity index (χ1v) is 21.7. The third kappa shape index (κ3) is 47.7. The fourth-order valence-corrected chi connectivity index (χ4v) is 2.82. The SMILES string of the molecule is Br[Te]Br.CCCCCCCCCCC(=O)O.CCCCCCCCCCC(=O)O. The van der Waals surface area contributed by atoms with Gasteiger partial charge in [-0.2, -0.15) is 0 Å². The Hall–Kier alpha value is 0.690. The van der Waals surface area contributed by atoms with E-state index in [1.54, 1.807) is 0 Å². The van der Waals surface area contributed by atoms with E-state index in [-0.39, 0.29) is 16.5 Å². The number of carboxylic acids is 2. The van der Waals surface area contributed by atoms with Crippen molar-refractivity contribution in [2.75, 3.05) is 0 Å². The summed E-state index contributed by atoms with van der Waals surface area (Å²) >= 11 is 6.48. The molecule has 0 saturated heterocycles. The molecule has 0 rings (SSSR count). The van der Waals surface area contributed by atoms with Crippen LogP contribution in [0.2, 0.25) is 0 Å². The number of carboxylic acid groups (broad SMARTS) is 2. The first-order valence-electron chi connectivity index (χ1n) is 11.3. The summed E-state index contributed by atoms with van der Waals surface area (Å²) in [4.78, 5) is 20.3. The van der Waals surface area contributed by atoms with Crippen LogP contribution < -0.4 is 0 Å². The molecule has 0 atom stereocenters. The van der Waals surface area contributed by atoms with Gasteiger partial charge in [0.05, 0.1) is 0 Å². The van der Waals surface area contributed by atoms with Gasteiger partial charge in [-0.15, -0.1) is 0 Å². The zero-order valence-electron chi connectivity index (χ0n) is 18.6. The molecule has 176 valence electrons. The van der Waals surface area contributed by atoms with Crippen molar-refractivity contribution in [3.63, 3.8) is 0 Å². The molecule has 0 heterocycles. The van der Waals surface area contributed by atoms with Crippen molar-refractivity contribution in [1.82, 2.24) is 0 Å². The van der Waals surface area contributed by atoms with E-state index in [1.807, 2.05) is 0 Å². The number of unbranched alkanes of at least 4 members (excludes halogenated alkanes) is 14. The van der Waals surface area contributed by atoms with E-state index < -0.39 is 11.9 Å². The maximum absolute atomic E-state index is 10.2. The van der Waals surface area contributed by atoms with E-state index >= 15 is 0 Å². The largest absolute Gasteiger partial charge is 0.481 e. The van der Waals surface area contributed by atoms with Crippen LogP contribution in [0.3, 0.4) is 0 Å². The van der Waals surface area contributed by atoms with Gasteiger partial charge in [-0.3, -0.25) is 9.59 Å². The summed E-state index contributed by atoms with van der Waals surface area (Å²) < 4.78 is 0. The van der Waals surface area contributed by atoms with Crippen molar-refractivity contribution >= 4 is 54.0 Å². The van der Waals surface area contributed by atoms with Crippen LogP contribution >= 0.6 is 25.5 Å². The summed E-state index contributed by atoms with van der Waals surface area (Å²) in [5, 5.41) is 16.8. The molecule has 0 saturated carbocycles. The minimum Gasteiger partial charge on any atom is -0.481 e. The number of halogens is 2. The molecule has 0 aromatic heterocycles. The van der Waals surface area contributed by atoms with Crippen molar-refractivity contribution in [1.29, 1.82) is 0 Å². The van der Waals surface area contributed by atoms with E-state index in [0.29, 0.717) is 12.8 Å². The smallest absolute Gasteiger partial charge is 0.303 e. The topological polar surface area (TPSA) is 74.6 Å². The van der Waals surface area contributed by atoms with Crippen molar-refractivity contribution in [2.45, 2.75) is 129 Å². The molecule has 0 aliphatic carbocycles. The molecule has 0 unspecified atom stereocenters. The summed E-state index contributed by atoms with van der Waals surface area (Å²) in [5.41, 5.74) is 0. The molecule has 0 aliphatic rings. The van der Waals surface area contributed by atoms with E-state index in [1.165, 1.54) is 77.0 Å². The van der Waals surface area contributed by atoms with Gasteiger partial charge in [0.1, 0.15) is 0 Å². The van der Waals surface area contributed by atoms with Crippen LogP contribution in [0.5, 0.6) is 0 Å². The first kappa shape index (κ1) is 34.3. The molecular weight excluding hydrogens is 616 g/mol. The van der Waals surface area contributed by atoms with Crippen LogP contribution in [0.25, 0.3) is 0 Å². The second-order valence-corrected chi connectivity index (χ2v) is 17.8. The summed E-state index contributed by atoms with van der Waals surface area (Å²) in [6.07, 6.45) is 20.1. The minimum atomic E-state index is -0.661. The molecule has 7 heteroatoms. The Morgan fingerprint density at radius 2 is 0.759 bits per heavy atom. The number of carbonyl (C=O) groups is 2. The molecule has 0 amide bonds. The van der Waals surface area contributed by atoms with Crippen LogP contribution in [0.4, 0.5) is 0 Å². The van der Waals surface area contributed by atoms with Crippen LogP contribution in [0.1, 0.15) is 129 Å². The fourth-order valence-electron chi connectivity index (χ4n) is 2.82. The standard InChI is InChI=1S/2C11H22O2.Br2Te/c2*1-2-3-4-5-6-7-8-9-10-11(12)13;1-3-2/h2*2-10H2,1H3,(H,12,13);. The Bertz CT molecular complexity index is 302. The minimum absolute atomic E-state index is 0.0950. The zero-order chi connectivity index (χ0) is 22.6. The van der Waals surface area contributed by atoms with Crippen molar-refractivity contribution in [2.24, 2.45) is 0 Å². The molecule has 0 aliphatic heterocycles. The quantitative estimate of drug-likeness (QED) is 0.114. The second kappa shape index (κ2) is 33.3. The average Bonchev–Trinajstić information content (AvgIpc) is 2.67. The van der Waals surface area contributed by atoms with E-state index in [4.69, 9.17) is 10.2 Å². The summed E-state index contributed by atoms with van der Waals surface area (Å²) in [6, 6.07) is 0. The molecule has 0 aromatic carbocycles. The van der Waals surface area contributed by atoms with E-state index in [0.717, 1.165) is 25.7 Å². The number of aliphatic carboxylic acids is 2. The van der Waals surface area contributed by atoms with E-state index in [2.05, 4.69) is 39.4 Å². The molecule has 0 spiro atoms. The van der Waals surface area contributed by atoms with Gasteiger partial charge in [0, 0.05) is 12.8 Å². The molecule has 0 radical (unpaired) electrons. The van der Waals surface area contributed by atoms with Crippen LogP contribution in [0.15, 0.2) is 0 Å². The maximum atomic E-state index is 10.2. The van der Waals surface area contributed by atoms with Gasteiger partial charge in [-0.05, 0) is 12.8 Å². The third-order valence-electron chi connectivity index (χ3n) is 4.49. The Kier molecular flexibility index (Phi) is 39.4. The van der Waals surface area contributed by atoms with Crippen molar-refractivity contribution < 1.29 is 19.8 Å². The number of hydrogen-bond acceptors (Lipinski definition) is 2. The van der Waals surface area contributed by atoms with E-state index in [9.17, 15) is 9.59 Å². The molecule has 2 N–H and O–H groups in total. The van der Waals surface area contributed by atoms with Crippen LogP contribution in [-0.2, 0) is 9.59 Å². The van der Waals surface area contributed by atoms with Gasteiger partial charge in [0.2, 0.25) is 0 Å². The molecular formula is C22H44Br2O4Te. The normalized spacial score (nSPS) is 9.79. The third-order valence-corrected chi connectivity index (χ3v) is 4.49. The Labute approximate surface area is 202 Å². The molecule has 0 fully saturated rings. The van der Waals surface area contributed by atoms with Gasteiger partial charge in [-0.25, -0.2) is 0 Å². The molecule has 0 aromatic rings. The molecule has 0 bridgehead atoms. The average molecular weight is 660 g/mol. The second-order valence-electron chi connectivity index (χ2n) is 7.30. The van der Waals surface area contributed by atoms with Crippen molar-refractivity contribution in [3.8, 4) is 0 Å². The molecule has 29 heavy (non-hydrogen) atoms. The van der Waals surface area contributed by atoms with Crippen LogP contribution in [-0.4, -0.2) is 38.7 Å². The zero-order valence-corrected chi connectivity index (χ0v) is 24.1. The predicted molar refractivity (Wildman–Crippen MR) is 133 cm³/mol. The monoisotopic (exact) mass is 660 g/mol. The fraction of sp³-hybridized carbons (Fsp3) is 0.909. The first-order chi connectivity index (χ1) is 14.0. The predicted octanol–water partition coefficient (Wildman–Crippen LogP) is 8.51. The van der Waals surface area contributed by atoms with Gasteiger partial charge in [0.15, 0.2) is 0 Å². The van der Waals surface area contributed by atoms with Crippen LogP contribution in [0, 0.1) is 0 Å². The number of rotatable bonds is 18. The maximum Gasteiger partial charge on any atom is 0.303 e. The molecule has 4 nitrogen and oxygen atoms in total. The summed E-state index contributed by atoms with van der Waals surface area (Å²) in [5.74, 6) is -1.32.